The molecular formula is C17H29F3N2O6S. The van der Waals surface area contributed by atoms with Gasteiger partial charge in [-0.1, -0.05) is 0 Å². The van der Waals surface area contributed by atoms with Crippen LogP contribution in [0.3, 0.4) is 0 Å². The zero-order chi connectivity index (χ0) is 21.7. The van der Waals surface area contributed by atoms with Crippen LogP contribution >= 0.6 is 0 Å². The fourth-order valence-electron chi connectivity index (χ4n) is 3.89. The van der Waals surface area contributed by atoms with Crippen molar-refractivity contribution in [2.75, 3.05) is 58.3 Å². The molecule has 12 heteroatoms. The average molecular weight is 446 g/mol. The average Bonchev–Trinajstić information content (AvgIpc) is 3.22. The van der Waals surface area contributed by atoms with E-state index in [1.807, 2.05) is 0 Å². The van der Waals surface area contributed by atoms with Crippen molar-refractivity contribution in [2.24, 2.45) is 5.92 Å². The number of ether oxygens (including phenoxy) is 2. The van der Waals surface area contributed by atoms with Gasteiger partial charge in [0, 0.05) is 19.6 Å². The number of rotatable bonds is 4. The van der Waals surface area contributed by atoms with Gasteiger partial charge < -0.3 is 19.5 Å². The van der Waals surface area contributed by atoms with E-state index in [4.69, 9.17) is 19.4 Å². The number of carbonyl (C=O) groups is 1. The Bertz CT molecular complexity index is 654. The smallest absolute Gasteiger partial charge is 0.475 e. The third kappa shape index (κ3) is 7.06. The monoisotopic (exact) mass is 446 g/mol. The Morgan fingerprint density at radius 2 is 1.86 bits per heavy atom. The van der Waals surface area contributed by atoms with E-state index >= 15 is 0 Å². The molecule has 0 aromatic heterocycles. The summed E-state index contributed by atoms with van der Waals surface area (Å²) in [5, 5.41) is 7.12. The highest BCUT2D eigenvalue weighted by Gasteiger charge is 2.45. The van der Waals surface area contributed by atoms with Crippen molar-refractivity contribution in [1.82, 2.24) is 9.21 Å². The van der Waals surface area contributed by atoms with Crippen LogP contribution in [0.15, 0.2) is 0 Å². The van der Waals surface area contributed by atoms with Crippen molar-refractivity contribution in [3.8, 4) is 0 Å². The molecule has 0 saturated carbocycles. The molecular weight excluding hydrogens is 417 g/mol. The number of likely N-dealkylation sites (tertiary alicyclic amines) is 1. The zero-order valence-electron chi connectivity index (χ0n) is 16.5. The molecule has 2 unspecified atom stereocenters. The summed E-state index contributed by atoms with van der Waals surface area (Å²) >= 11 is 0. The summed E-state index contributed by atoms with van der Waals surface area (Å²) in [7, 11) is -3.18. The Labute approximate surface area is 169 Å². The first-order valence-corrected chi connectivity index (χ1v) is 11.3. The number of halogens is 3. The fraction of sp³-hybridized carbons (Fsp3) is 0.941. The number of nitrogens with zero attached hydrogens (tertiary/aromatic N) is 2. The van der Waals surface area contributed by atoms with E-state index in [0.29, 0.717) is 32.2 Å². The highest BCUT2D eigenvalue weighted by molar-refractivity contribution is 7.89. The second kappa shape index (κ2) is 9.90. The second-order valence-corrected chi connectivity index (χ2v) is 9.92. The number of sulfonamides is 1. The van der Waals surface area contributed by atoms with Crippen LogP contribution in [0.5, 0.6) is 0 Å². The predicted molar refractivity (Wildman–Crippen MR) is 98.0 cm³/mol. The maximum Gasteiger partial charge on any atom is 0.490 e. The van der Waals surface area contributed by atoms with Crippen LogP contribution in [0.2, 0.25) is 0 Å². The molecule has 170 valence electrons. The van der Waals surface area contributed by atoms with Gasteiger partial charge in [0.2, 0.25) is 10.0 Å². The van der Waals surface area contributed by atoms with Gasteiger partial charge in [0.1, 0.15) is 5.60 Å². The van der Waals surface area contributed by atoms with Crippen molar-refractivity contribution in [3.63, 3.8) is 0 Å². The van der Waals surface area contributed by atoms with Gasteiger partial charge in [-0.25, -0.2) is 13.2 Å². The molecule has 3 saturated heterocycles. The normalized spacial score (nSPS) is 29.4. The van der Waals surface area contributed by atoms with E-state index in [0.717, 1.165) is 19.6 Å². The van der Waals surface area contributed by atoms with Crippen molar-refractivity contribution in [1.29, 1.82) is 0 Å². The molecule has 0 aromatic carbocycles. The molecule has 3 fully saturated rings. The highest BCUT2D eigenvalue weighted by atomic mass is 32.2. The summed E-state index contributed by atoms with van der Waals surface area (Å²) in [4.78, 5) is 11.4. The fourth-order valence-corrected chi connectivity index (χ4v) is 5.04. The van der Waals surface area contributed by atoms with Gasteiger partial charge in [-0.05, 0) is 45.2 Å². The lowest BCUT2D eigenvalue weighted by atomic mass is 9.94. The highest BCUT2D eigenvalue weighted by Crippen LogP contribution is 2.34. The van der Waals surface area contributed by atoms with E-state index < -0.39 is 27.8 Å². The van der Waals surface area contributed by atoms with E-state index in [2.05, 4.69) is 4.90 Å². The lowest BCUT2D eigenvalue weighted by Gasteiger charge is -2.30. The van der Waals surface area contributed by atoms with Gasteiger partial charge in [-0.2, -0.15) is 17.5 Å². The van der Waals surface area contributed by atoms with Gasteiger partial charge >= 0.3 is 12.1 Å². The number of aliphatic carboxylic acids is 1. The molecule has 0 aliphatic carbocycles. The molecule has 3 rings (SSSR count). The molecule has 0 bridgehead atoms. The maximum absolute atomic E-state index is 12.2. The summed E-state index contributed by atoms with van der Waals surface area (Å²) in [6, 6.07) is 0. The number of carboxylic acid groups (broad SMARTS) is 1. The molecule has 1 N–H and O–H groups in total. The van der Waals surface area contributed by atoms with Crippen LogP contribution in [0.4, 0.5) is 13.2 Å². The first-order chi connectivity index (χ1) is 13.5. The van der Waals surface area contributed by atoms with Crippen LogP contribution < -0.4 is 0 Å². The van der Waals surface area contributed by atoms with E-state index in [9.17, 15) is 21.6 Å². The lowest BCUT2D eigenvalue weighted by molar-refractivity contribution is -0.192. The first kappa shape index (κ1) is 24.3. The van der Waals surface area contributed by atoms with Crippen molar-refractivity contribution in [2.45, 2.75) is 38.0 Å². The van der Waals surface area contributed by atoms with E-state index in [1.54, 1.807) is 11.2 Å². The molecule has 3 aliphatic rings. The van der Waals surface area contributed by atoms with Crippen LogP contribution in [0.25, 0.3) is 0 Å². The van der Waals surface area contributed by atoms with Gasteiger partial charge in [0.25, 0.3) is 0 Å². The summed E-state index contributed by atoms with van der Waals surface area (Å²) < 4.78 is 69.5. The van der Waals surface area contributed by atoms with E-state index in [-0.39, 0.29) is 5.75 Å². The molecule has 29 heavy (non-hydrogen) atoms. The number of alkyl halides is 3. The summed E-state index contributed by atoms with van der Waals surface area (Å²) in [5.74, 6) is -2.13. The first-order valence-electron chi connectivity index (χ1n) is 9.69. The topological polar surface area (TPSA) is 96.4 Å². The van der Waals surface area contributed by atoms with Crippen LogP contribution in [0, 0.1) is 5.92 Å². The quantitative estimate of drug-likeness (QED) is 0.693. The minimum absolute atomic E-state index is 0.139. The molecule has 8 nitrogen and oxygen atoms in total. The number of hydrogen-bond donors (Lipinski definition) is 1. The van der Waals surface area contributed by atoms with Gasteiger partial charge in [-0.3, -0.25) is 0 Å². The Morgan fingerprint density at radius 3 is 2.41 bits per heavy atom. The lowest BCUT2D eigenvalue weighted by Crippen LogP contribution is -2.46. The Kier molecular flexibility index (Phi) is 8.31. The summed E-state index contributed by atoms with van der Waals surface area (Å²) in [6.07, 6.45) is -1.59. The largest absolute Gasteiger partial charge is 0.490 e. The Morgan fingerprint density at radius 1 is 1.24 bits per heavy atom. The van der Waals surface area contributed by atoms with Crippen molar-refractivity contribution >= 4 is 16.0 Å². The zero-order valence-corrected chi connectivity index (χ0v) is 17.3. The standard InChI is InChI=1S/C15H28N2O4S.C2HF3O2/c1-2-22(18,19)17-7-8-20-13-15(12-17)9-14(11-21-15)10-16-5-3-4-6-16;3-2(4,5)1(6)7/h14H,2-13H2,1H3;(H,6,7). The van der Waals surface area contributed by atoms with Crippen molar-refractivity contribution < 1.29 is 41.0 Å². The van der Waals surface area contributed by atoms with Crippen LogP contribution in [-0.2, 0) is 24.3 Å². The molecule has 2 atom stereocenters. The number of hydrogen-bond acceptors (Lipinski definition) is 6. The summed E-state index contributed by atoms with van der Waals surface area (Å²) in [5.41, 5.74) is -0.441. The molecule has 0 radical (unpaired) electrons. The molecule has 3 aliphatic heterocycles. The second-order valence-electron chi connectivity index (χ2n) is 7.66. The molecule has 1 spiro atoms. The predicted octanol–water partition coefficient (Wildman–Crippen LogP) is 1.17. The Hall–Kier alpha value is -0.950. The van der Waals surface area contributed by atoms with Gasteiger partial charge in [-0.15, -0.1) is 0 Å². The Balaban J connectivity index is 0.000000370. The van der Waals surface area contributed by atoms with Gasteiger partial charge in [0.15, 0.2) is 0 Å². The van der Waals surface area contributed by atoms with E-state index in [1.165, 1.54) is 25.9 Å². The SMILES string of the molecule is CCS(=O)(=O)N1CCOCC2(CC(CN3CCCC3)CO2)C1.O=C(O)C(F)(F)F. The summed E-state index contributed by atoms with van der Waals surface area (Å²) in [6.45, 7) is 7.73. The molecule has 0 amide bonds. The number of carboxylic acids is 1. The minimum Gasteiger partial charge on any atom is -0.475 e. The molecule has 0 aromatic rings. The maximum atomic E-state index is 12.2. The van der Waals surface area contributed by atoms with Crippen molar-refractivity contribution in [3.05, 3.63) is 0 Å². The third-order valence-electron chi connectivity index (χ3n) is 5.32. The molecule has 3 heterocycles. The minimum atomic E-state index is -5.08. The van der Waals surface area contributed by atoms with Crippen LogP contribution in [0.1, 0.15) is 26.2 Å². The third-order valence-corrected chi connectivity index (χ3v) is 7.14. The van der Waals surface area contributed by atoms with Crippen LogP contribution in [-0.4, -0.2) is 98.8 Å². The van der Waals surface area contributed by atoms with Gasteiger partial charge in [0.05, 0.1) is 25.6 Å².